The van der Waals surface area contributed by atoms with Gasteiger partial charge in [0.15, 0.2) is 0 Å². The fraction of sp³-hybridized carbons (Fsp3) is 0.500. The van der Waals surface area contributed by atoms with Crippen molar-refractivity contribution >= 4 is 17.7 Å². The highest BCUT2D eigenvalue weighted by Crippen LogP contribution is 2.42. The lowest BCUT2D eigenvalue weighted by atomic mass is 9.73. The van der Waals surface area contributed by atoms with E-state index in [-0.39, 0.29) is 12.0 Å². The molecule has 144 valence electrons. The molecule has 1 aliphatic heterocycles. The SMILES string of the molecule is CC(C)(C)OC(=O)N1CCCC2C1=CCC[C@@]2(O)C#Cc1cccc(Cl)c1. The molecule has 2 atom stereocenters. The maximum atomic E-state index is 12.6. The first-order chi connectivity index (χ1) is 12.7. The molecule has 0 aromatic heterocycles. The van der Waals surface area contributed by atoms with Crippen LogP contribution in [0.5, 0.6) is 0 Å². The molecule has 1 heterocycles. The number of fused-ring (bicyclic) bond motifs is 1. The third-order valence-electron chi connectivity index (χ3n) is 4.86. The number of allylic oxidation sites excluding steroid dienone is 1. The first-order valence-electron chi connectivity index (χ1n) is 9.40. The van der Waals surface area contributed by atoms with Gasteiger partial charge in [-0.2, -0.15) is 0 Å². The lowest BCUT2D eigenvalue weighted by Crippen LogP contribution is -2.50. The maximum Gasteiger partial charge on any atom is 0.414 e. The number of carbonyl (C=O) groups is 1. The largest absolute Gasteiger partial charge is 0.443 e. The maximum absolute atomic E-state index is 12.6. The van der Waals surface area contributed by atoms with Gasteiger partial charge in [0, 0.05) is 28.7 Å². The first-order valence-corrected chi connectivity index (χ1v) is 9.77. The zero-order valence-electron chi connectivity index (χ0n) is 16.1. The number of ether oxygens (including phenoxy) is 1. The van der Waals surface area contributed by atoms with Gasteiger partial charge < -0.3 is 9.84 Å². The van der Waals surface area contributed by atoms with E-state index in [1.165, 1.54) is 0 Å². The minimum atomic E-state index is -1.16. The number of hydrogen-bond donors (Lipinski definition) is 1. The van der Waals surface area contributed by atoms with E-state index >= 15 is 0 Å². The molecule has 3 rings (SSSR count). The van der Waals surface area contributed by atoms with Crippen LogP contribution in [0.1, 0.15) is 52.0 Å². The Hall–Kier alpha value is -1.96. The summed E-state index contributed by atoms with van der Waals surface area (Å²) in [5.41, 5.74) is -0.105. The Kier molecular flexibility index (Phi) is 5.55. The first kappa shape index (κ1) is 19.8. The highest BCUT2D eigenvalue weighted by molar-refractivity contribution is 6.30. The van der Waals surface area contributed by atoms with Gasteiger partial charge in [0.1, 0.15) is 11.2 Å². The third kappa shape index (κ3) is 4.66. The molecule has 1 fully saturated rings. The van der Waals surface area contributed by atoms with Crippen molar-refractivity contribution in [2.24, 2.45) is 5.92 Å². The van der Waals surface area contributed by atoms with E-state index in [1.54, 1.807) is 17.0 Å². The van der Waals surface area contributed by atoms with Crippen LogP contribution in [0.2, 0.25) is 5.02 Å². The Morgan fingerprint density at radius 3 is 2.89 bits per heavy atom. The van der Waals surface area contributed by atoms with Crippen LogP contribution >= 0.6 is 11.6 Å². The molecule has 27 heavy (non-hydrogen) atoms. The van der Waals surface area contributed by atoms with E-state index in [0.717, 1.165) is 24.1 Å². The predicted octanol–water partition coefficient (Wildman–Crippen LogP) is 4.75. The lowest BCUT2D eigenvalue weighted by Gasteiger charge is -2.44. The highest BCUT2D eigenvalue weighted by atomic mass is 35.5. The Balaban J connectivity index is 1.85. The Labute approximate surface area is 166 Å². The molecule has 1 amide bonds. The van der Waals surface area contributed by atoms with Crippen molar-refractivity contribution in [3.8, 4) is 11.8 Å². The van der Waals surface area contributed by atoms with E-state index < -0.39 is 11.2 Å². The van der Waals surface area contributed by atoms with Gasteiger partial charge in [-0.25, -0.2) is 4.79 Å². The summed E-state index contributed by atoms with van der Waals surface area (Å²) in [5, 5.41) is 11.9. The van der Waals surface area contributed by atoms with Crippen LogP contribution < -0.4 is 0 Å². The summed E-state index contributed by atoms with van der Waals surface area (Å²) in [5.74, 6) is 5.95. The van der Waals surface area contributed by atoms with Crippen molar-refractivity contribution < 1.29 is 14.6 Å². The topological polar surface area (TPSA) is 49.8 Å². The molecule has 0 radical (unpaired) electrons. The van der Waals surface area contributed by atoms with Crippen molar-refractivity contribution in [3.63, 3.8) is 0 Å². The summed E-state index contributed by atoms with van der Waals surface area (Å²) in [6.07, 6.45) is 4.52. The Bertz CT molecular complexity index is 815. The summed E-state index contributed by atoms with van der Waals surface area (Å²) < 4.78 is 5.55. The number of aliphatic hydroxyl groups is 1. The molecular formula is C22H26ClNO3. The summed E-state index contributed by atoms with van der Waals surface area (Å²) in [6.45, 7) is 6.17. The van der Waals surface area contributed by atoms with Crippen LogP contribution in [0.3, 0.4) is 0 Å². The van der Waals surface area contributed by atoms with Gasteiger partial charge in [0.2, 0.25) is 0 Å². The Morgan fingerprint density at radius 2 is 2.19 bits per heavy atom. The van der Waals surface area contributed by atoms with Crippen LogP contribution in [0.4, 0.5) is 4.79 Å². The number of halogens is 1. The summed E-state index contributed by atoms with van der Waals surface area (Å²) in [7, 11) is 0. The van der Waals surface area contributed by atoms with Crippen LogP contribution in [-0.2, 0) is 4.74 Å². The van der Waals surface area contributed by atoms with E-state index in [0.29, 0.717) is 24.4 Å². The van der Waals surface area contributed by atoms with Crippen molar-refractivity contribution in [1.82, 2.24) is 4.90 Å². The standard InChI is InChI=1S/C22H26ClNO3/c1-21(2,3)27-20(25)24-14-6-9-18-19(24)10-5-12-22(18,26)13-11-16-7-4-8-17(23)15-16/h4,7-8,10,15,18,26H,5-6,9,12,14H2,1-3H3/t18?,22-/m1/s1. The normalized spacial score (nSPS) is 25.0. The van der Waals surface area contributed by atoms with Gasteiger partial charge >= 0.3 is 6.09 Å². The van der Waals surface area contributed by atoms with E-state index in [2.05, 4.69) is 11.8 Å². The molecule has 5 heteroatoms. The average Bonchev–Trinajstić information content (AvgIpc) is 2.59. The summed E-state index contributed by atoms with van der Waals surface area (Å²) in [6, 6.07) is 7.29. The molecule has 1 unspecified atom stereocenters. The molecule has 1 aromatic rings. The molecule has 1 aromatic carbocycles. The molecule has 0 spiro atoms. The van der Waals surface area contributed by atoms with Gasteiger partial charge in [0.05, 0.1) is 0 Å². The molecule has 1 saturated heterocycles. The molecule has 0 bridgehead atoms. The number of likely N-dealkylation sites (tertiary alicyclic amines) is 1. The van der Waals surface area contributed by atoms with Gasteiger partial charge in [-0.1, -0.05) is 35.6 Å². The lowest BCUT2D eigenvalue weighted by molar-refractivity contribution is -0.00577. The van der Waals surface area contributed by atoms with Gasteiger partial charge in [-0.05, 0) is 64.7 Å². The van der Waals surface area contributed by atoms with Crippen LogP contribution in [0, 0.1) is 17.8 Å². The fourth-order valence-corrected chi connectivity index (χ4v) is 3.87. The number of benzene rings is 1. The average molecular weight is 388 g/mol. The smallest absolute Gasteiger partial charge is 0.414 e. The van der Waals surface area contributed by atoms with E-state index in [4.69, 9.17) is 16.3 Å². The van der Waals surface area contributed by atoms with E-state index in [9.17, 15) is 9.90 Å². The second kappa shape index (κ2) is 7.58. The van der Waals surface area contributed by atoms with Gasteiger partial charge in [0.25, 0.3) is 0 Å². The van der Waals surface area contributed by atoms with Gasteiger partial charge in [-0.3, -0.25) is 4.90 Å². The number of piperidine rings is 1. The molecule has 1 aliphatic carbocycles. The molecule has 2 aliphatic rings. The van der Waals surface area contributed by atoms with Crippen molar-refractivity contribution in [1.29, 1.82) is 0 Å². The number of carbonyl (C=O) groups excluding carboxylic acids is 1. The second-order valence-electron chi connectivity index (χ2n) is 8.18. The minimum Gasteiger partial charge on any atom is -0.443 e. The van der Waals surface area contributed by atoms with Crippen LogP contribution in [-0.4, -0.2) is 33.8 Å². The summed E-state index contributed by atoms with van der Waals surface area (Å²) >= 11 is 6.02. The third-order valence-corrected chi connectivity index (χ3v) is 5.10. The molecule has 1 N–H and O–H groups in total. The number of hydrogen-bond acceptors (Lipinski definition) is 3. The Morgan fingerprint density at radius 1 is 1.41 bits per heavy atom. The van der Waals surface area contributed by atoms with Crippen molar-refractivity contribution in [2.45, 2.75) is 57.7 Å². The molecular weight excluding hydrogens is 362 g/mol. The number of rotatable bonds is 0. The zero-order chi connectivity index (χ0) is 19.7. The predicted molar refractivity (Wildman–Crippen MR) is 106 cm³/mol. The van der Waals surface area contributed by atoms with Crippen molar-refractivity contribution in [2.75, 3.05) is 6.54 Å². The fourth-order valence-electron chi connectivity index (χ4n) is 3.68. The van der Waals surface area contributed by atoms with Crippen LogP contribution in [0.25, 0.3) is 0 Å². The van der Waals surface area contributed by atoms with Crippen LogP contribution in [0.15, 0.2) is 36.0 Å². The minimum absolute atomic E-state index is 0.195. The second-order valence-corrected chi connectivity index (χ2v) is 8.62. The summed E-state index contributed by atoms with van der Waals surface area (Å²) in [4.78, 5) is 14.3. The highest BCUT2D eigenvalue weighted by Gasteiger charge is 2.45. The monoisotopic (exact) mass is 387 g/mol. The van der Waals surface area contributed by atoms with Crippen molar-refractivity contribution in [3.05, 3.63) is 46.6 Å². The number of nitrogens with zero attached hydrogens (tertiary/aromatic N) is 1. The van der Waals surface area contributed by atoms with Gasteiger partial charge in [-0.15, -0.1) is 0 Å². The van der Waals surface area contributed by atoms with E-state index in [1.807, 2.05) is 39.0 Å². The number of amides is 1. The zero-order valence-corrected chi connectivity index (χ0v) is 16.8. The molecule has 0 saturated carbocycles. The molecule has 4 nitrogen and oxygen atoms in total. The quantitative estimate of drug-likeness (QED) is 0.653.